The third-order valence-electron chi connectivity index (χ3n) is 2.54. The fourth-order valence-corrected chi connectivity index (χ4v) is 2.03. The van der Waals surface area contributed by atoms with Crippen LogP contribution in [-0.4, -0.2) is 0 Å². The van der Waals surface area contributed by atoms with Crippen molar-refractivity contribution in [3.05, 3.63) is 59.7 Å². The van der Waals surface area contributed by atoms with Crippen LogP contribution >= 0.6 is 15.9 Å². The predicted molar refractivity (Wildman–Crippen MR) is 69.2 cm³/mol. The van der Waals surface area contributed by atoms with Crippen LogP contribution in [0.2, 0.25) is 0 Å². The van der Waals surface area contributed by atoms with Crippen LogP contribution < -0.4 is 0 Å². The molecule has 0 spiro atoms. The van der Waals surface area contributed by atoms with E-state index < -0.39 is 0 Å². The van der Waals surface area contributed by atoms with Crippen molar-refractivity contribution in [3.8, 4) is 11.1 Å². The smallest absolute Gasteiger partial charge is 0.0283 e. The largest absolute Gasteiger partial charge is 0.0876 e. The molecule has 15 heavy (non-hydrogen) atoms. The molecule has 0 atom stereocenters. The summed E-state index contributed by atoms with van der Waals surface area (Å²) >= 11 is 3.49. The number of alkyl halides is 1. The van der Waals surface area contributed by atoms with Crippen molar-refractivity contribution >= 4 is 15.9 Å². The number of aryl methyl sites for hydroxylation is 1. The Morgan fingerprint density at radius 1 is 1.00 bits per heavy atom. The van der Waals surface area contributed by atoms with Gasteiger partial charge in [0.25, 0.3) is 0 Å². The zero-order chi connectivity index (χ0) is 10.7. The van der Waals surface area contributed by atoms with Crippen molar-refractivity contribution in [2.24, 2.45) is 0 Å². The number of halogens is 1. The number of benzene rings is 2. The zero-order valence-electron chi connectivity index (χ0n) is 8.70. The van der Waals surface area contributed by atoms with E-state index in [1.165, 1.54) is 22.3 Å². The first-order chi connectivity index (χ1) is 7.31. The lowest BCUT2D eigenvalue weighted by atomic mass is 9.99. The van der Waals surface area contributed by atoms with E-state index in [4.69, 9.17) is 0 Å². The van der Waals surface area contributed by atoms with Crippen molar-refractivity contribution < 1.29 is 0 Å². The summed E-state index contributed by atoms with van der Waals surface area (Å²) in [5.74, 6) is 0. The van der Waals surface area contributed by atoms with Crippen LogP contribution in [0, 0.1) is 6.92 Å². The number of rotatable bonds is 2. The molecule has 0 aliphatic carbocycles. The molecular weight excluding hydrogens is 248 g/mol. The van der Waals surface area contributed by atoms with Crippen molar-refractivity contribution in [2.75, 3.05) is 0 Å². The van der Waals surface area contributed by atoms with Gasteiger partial charge in [0.15, 0.2) is 0 Å². The molecule has 2 rings (SSSR count). The van der Waals surface area contributed by atoms with Gasteiger partial charge in [-0.1, -0.05) is 64.5 Å². The lowest BCUT2D eigenvalue weighted by Gasteiger charge is -2.07. The Morgan fingerprint density at radius 3 is 2.40 bits per heavy atom. The quantitative estimate of drug-likeness (QED) is 0.695. The van der Waals surface area contributed by atoms with Gasteiger partial charge in [-0.05, 0) is 29.2 Å². The van der Waals surface area contributed by atoms with Crippen LogP contribution in [0.1, 0.15) is 11.1 Å². The Hall–Kier alpha value is -1.08. The van der Waals surface area contributed by atoms with Gasteiger partial charge in [-0.25, -0.2) is 0 Å². The minimum Gasteiger partial charge on any atom is -0.0876 e. The molecule has 2 aromatic rings. The van der Waals surface area contributed by atoms with Crippen LogP contribution in [0.15, 0.2) is 48.5 Å². The number of hydrogen-bond donors (Lipinski definition) is 0. The standard InChI is InChI=1S/C14H13Br/c1-11-7-8-12(10-15)9-14(11)13-5-3-2-4-6-13/h2-9H,10H2,1H3. The van der Waals surface area contributed by atoms with E-state index in [-0.39, 0.29) is 0 Å². The second kappa shape index (κ2) is 4.63. The van der Waals surface area contributed by atoms with Crippen molar-refractivity contribution in [1.82, 2.24) is 0 Å². The third-order valence-corrected chi connectivity index (χ3v) is 3.19. The van der Waals surface area contributed by atoms with Crippen LogP contribution in [0.5, 0.6) is 0 Å². The van der Waals surface area contributed by atoms with E-state index in [0.29, 0.717) is 0 Å². The molecule has 0 radical (unpaired) electrons. The minimum atomic E-state index is 0.910. The average molecular weight is 261 g/mol. The Kier molecular flexibility index (Phi) is 3.22. The van der Waals surface area contributed by atoms with Gasteiger partial charge in [-0.15, -0.1) is 0 Å². The third kappa shape index (κ3) is 2.29. The second-order valence-corrected chi connectivity index (χ2v) is 4.21. The van der Waals surface area contributed by atoms with Crippen LogP contribution in [-0.2, 0) is 5.33 Å². The molecule has 0 heterocycles. The predicted octanol–water partition coefficient (Wildman–Crippen LogP) is 4.56. The molecule has 0 aliphatic rings. The summed E-state index contributed by atoms with van der Waals surface area (Å²) in [5.41, 5.74) is 5.26. The van der Waals surface area contributed by atoms with E-state index in [2.05, 4.69) is 65.3 Å². The summed E-state index contributed by atoms with van der Waals surface area (Å²) in [6, 6.07) is 17.1. The van der Waals surface area contributed by atoms with Gasteiger partial charge in [-0.3, -0.25) is 0 Å². The minimum absolute atomic E-state index is 0.910. The molecule has 2 aromatic carbocycles. The maximum Gasteiger partial charge on any atom is 0.0283 e. The fourth-order valence-electron chi connectivity index (χ4n) is 1.68. The molecule has 0 amide bonds. The van der Waals surface area contributed by atoms with Crippen LogP contribution in [0.3, 0.4) is 0 Å². The van der Waals surface area contributed by atoms with Crippen molar-refractivity contribution in [1.29, 1.82) is 0 Å². The molecule has 0 aliphatic heterocycles. The molecule has 0 saturated heterocycles. The Morgan fingerprint density at radius 2 is 1.73 bits per heavy atom. The molecule has 76 valence electrons. The highest BCUT2D eigenvalue weighted by molar-refractivity contribution is 9.08. The van der Waals surface area contributed by atoms with Gasteiger partial charge < -0.3 is 0 Å². The van der Waals surface area contributed by atoms with Gasteiger partial charge in [0.2, 0.25) is 0 Å². The Bertz CT molecular complexity index is 446. The van der Waals surface area contributed by atoms with Gasteiger partial charge in [0, 0.05) is 5.33 Å². The second-order valence-electron chi connectivity index (χ2n) is 3.65. The van der Waals surface area contributed by atoms with Crippen LogP contribution in [0.25, 0.3) is 11.1 Å². The van der Waals surface area contributed by atoms with E-state index in [1.807, 2.05) is 6.07 Å². The summed E-state index contributed by atoms with van der Waals surface area (Å²) in [6.45, 7) is 2.15. The van der Waals surface area contributed by atoms with Gasteiger partial charge >= 0.3 is 0 Å². The van der Waals surface area contributed by atoms with E-state index in [9.17, 15) is 0 Å². The lowest BCUT2D eigenvalue weighted by Crippen LogP contribution is -1.85. The lowest BCUT2D eigenvalue weighted by molar-refractivity contribution is 1.37. The molecule has 0 fully saturated rings. The Balaban J connectivity index is 2.52. The highest BCUT2D eigenvalue weighted by Gasteiger charge is 2.01. The maximum atomic E-state index is 3.49. The molecule has 0 aromatic heterocycles. The first-order valence-corrected chi connectivity index (χ1v) is 6.14. The summed E-state index contributed by atoms with van der Waals surface area (Å²) in [7, 11) is 0. The van der Waals surface area contributed by atoms with Crippen molar-refractivity contribution in [3.63, 3.8) is 0 Å². The molecule has 1 heteroatoms. The molecule has 0 nitrogen and oxygen atoms in total. The molecule has 0 unspecified atom stereocenters. The van der Waals surface area contributed by atoms with Gasteiger partial charge in [0.05, 0.1) is 0 Å². The zero-order valence-corrected chi connectivity index (χ0v) is 10.3. The fraction of sp³-hybridized carbons (Fsp3) is 0.143. The van der Waals surface area contributed by atoms with Crippen molar-refractivity contribution in [2.45, 2.75) is 12.3 Å². The maximum absolute atomic E-state index is 3.49. The topological polar surface area (TPSA) is 0 Å². The first-order valence-electron chi connectivity index (χ1n) is 5.02. The normalized spacial score (nSPS) is 10.3. The Labute approximate surface area is 99.1 Å². The highest BCUT2D eigenvalue weighted by atomic mass is 79.9. The molecule has 0 bridgehead atoms. The van der Waals surface area contributed by atoms with Gasteiger partial charge in [0.1, 0.15) is 0 Å². The molecule has 0 N–H and O–H groups in total. The van der Waals surface area contributed by atoms with E-state index >= 15 is 0 Å². The van der Waals surface area contributed by atoms with Crippen LogP contribution in [0.4, 0.5) is 0 Å². The average Bonchev–Trinajstić information content (AvgIpc) is 2.31. The van der Waals surface area contributed by atoms with Gasteiger partial charge in [-0.2, -0.15) is 0 Å². The molecular formula is C14H13Br. The summed E-state index contributed by atoms with van der Waals surface area (Å²) in [4.78, 5) is 0. The molecule has 0 saturated carbocycles. The monoisotopic (exact) mass is 260 g/mol. The first kappa shape index (κ1) is 10.4. The summed E-state index contributed by atoms with van der Waals surface area (Å²) < 4.78 is 0. The SMILES string of the molecule is Cc1ccc(CBr)cc1-c1ccccc1. The summed E-state index contributed by atoms with van der Waals surface area (Å²) in [5, 5.41) is 0.910. The van der Waals surface area contributed by atoms with E-state index in [0.717, 1.165) is 5.33 Å². The number of hydrogen-bond acceptors (Lipinski definition) is 0. The highest BCUT2D eigenvalue weighted by Crippen LogP contribution is 2.24. The van der Waals surface area contributed by atoms with E-state index in [1.54, 1.807) is 0 Å². The summed E-state index contributed by atoms with van der Waals surface area (Å²) in [6.07, 6.45) is 0.